The Morgan fingerprint density at radius 3 is 1.50 bits per heavy atom. The maximum absolute atomic E-state index is 4.93. The molecule has 0 saturated heterocycles. The van der Waals surface area contributed by atoms with Gasteiger partial charge in [-0.05, 0) is 39.8 Å². The summed E-state index contributed by atoms with van der Waals surface area (Å²) in [5, 5.41) is 0. The van der Waals surface area contributed by atoms with E-state index in [1.807, 2.05) is 0 Å². The third-order valence-electron chi connectivity index (χ3n) is 4.35. The third-order valence-corrected chi connectivity index (χ3v) is 4.35. The molecule has 0 atom stereocenters. The van der Waals surface area contributed by atoms with Crippen molar-refractivity contribution in [1.82, 2.24) is 0 Å². The number of benzene rings is 3. The van der Waals surface area contributed by atoms with E-state index in [0.717, 1.165) is 6.42 Å². The van der Waals surface area contributed by atoms with Gasteiger partial charge in [-0.1, -0.05) is 97.1 Å². The van der Waals surface area contributed by atoms with E-state index in [1.165, 1.54) is 33.4 Å². The predicted octanol–water partition coefficient (Wildman–Crippen LogP) is 7.46. The normalized spacial score (nSPS) is 12.9. The summed E-state index contributed by atoms with van der Waals surface area (Å²) in [5.74, 6) is 0. The van der Waals surface area contributed by atoms with Gasteiger partial charge in [0.15, 0.2) is 0 Å². The number of hydrogen-bond acceptors (Lipinski definition) is 0. The average molecular weight is 457 g/mol. The van der Waals surface area contributed by atoms with Gasteiger partial charge in [-0.25, -0.2) is 0 Å². The van der Waals surface area contributed by atoms with Crippen LogP contribution >= 0.6 is 17.0 Å². The quantitative estimate of drug-likeness (QED) is 0.384. The van der Waals surface area contributed by atoms with Crippen LogP contribution in [-0.2, 0) is 20.8 Å². The van der Waals surface area contributed by atoms with E-state index in [4.69, 9.17) is 17.0 Å². The minimum absolute atomic E-state index is 0.826. The van der Waals surface area contributed by atoms with E-state index in [1.54, 1.807) is 0 Å². The van der Waals surface area contributed by atoms with Crippen molar-refractivity contribution in [2.45, 2.75) is 6.42 Å². The van der Waals surface area contributed by atoms with Crippen LogP contribution in [0.3, 0.4) is 0 Å². The number of halogens is 2. The first-order valence-corrected chi connectivity index (χ1v) is 14.7. The SMILES string of the molecule is C1=C(c2ccccc2)C(c2ccccc2)=C(c2ccccc2)C1.[Cl][Zr][Cl]. The van der Waals surface area contributed by atoms with E-state index in [0.29, 0.717) is 0 Å². The van der Waals surface area contributed by atoms with Gasteiger partial charge < -0.3 is 0 Å². The summed E-state index contributed by atoms with van der Waals surface area (Å²) in [5.41, 5.74) is 8.01. The summed E-state index contributed by atoms with van der Waals surface area (Å²) < 4.78 is 0. The average Bonchev–Trinajstić information content (AvgIpc) is 3.16. The first-order chi connectivity index (χ1) is 12.8. The summed E-state index contributed by atoms with van der Waals surface area (Å²) >= 11 is -0.826. The second-order valence-corrected chi connectivity index (χ2v) is 9.58. The van der Waals surface area contributed by atoms with Crippen molar-refractivity contribution in [1.29, 1.82) is 0 Å². The van der Waals surface area contributed by atoms with E-state index in [2.05, 4.69) is 97.1 Å². The fourth-order valence-electron chi connectivity index (χ4n) is 3.29. The third kappa shape index (κ3) is 4.66. The molecule has 3 aromatic rings. The van der Waals surface area contributed by atoms with Crippen LogP contribution in [0.15, 0.2) is 97.1 Å². The molecular weight excluding hydrogens is 438 g/mol. The summed E-state index contributed by atoms with van der Waals surface area (Å²) in [7, 11) is 9.87. The fraction of sp³-hybridized carbons (Fsp3) is 0.0435. The Kier molecular flexibility index (Phi) is 7.50. The number of hydrogen-bond donors (Lipinski definition) is 0. The molecule has 1 aliphatic carbocycles. The first-order valence-electron chi connectivity index (χ1n) is 8.41. The van der Waals surface area contributed by atoms with Gasteiger partial charge in [-0.2, -0.15) is 0 Å². The zero-order valence-electron chi connectivity index (χ0n) is 14.2. The number of allylic oxidation sites excluding steroid dienone is 4. The summed E-state index contributed by atoms with van der Waals surface area (Å²) in [6.45, 7) is 0. The van der Waals surface area contributed by atoms with E-state index >= 15 is 0 Å². The van der Waals surface area contributed by atoms with Gasteiger partial charge in [0.05, 0.1) is 0 Å². The Balaban J connectivity index is 0.000000613. The molecule has 4 rings (SSSR count). The summed E-state index contributed by atoms with van der Waals surface area (Å²) in [6, 6.07) is 32.1. The maximum atomic E-state index is 4.93. The van der Waals surface area contributed by atoms with E-state index in [-0.39, 0.29) is 0 Å². The second-order valence-electron chi connectivity index (χ2n) is 5.84. The van der Waals surface area contributed by atoms with Crippen molar-refractivity contribution in [3.8, 4) is 0 Å². The molecule has 3 aromatic carbocycles. The van der Waals surface area contributed by atoms with Gasteiger partial charge in [0.2, 0.25) is 0 Å². The van der Waals surface area contributed by atoms with Crippen LogP contribution in [0.25, 0.3) is 16.7 Å². The van der Waals surface area contributed by atoms with Gasteiger partial charge in [0.1, 0.15) is 0 Å². The molecule has 26 heavy (non-hydrogen) atoms. The molecule has 0 aliphatic heterocycles. The van der Waals surface area contributed by atoms with Crippen LogP contribution in [0, 0.1) is 0 Å². The van der Waals surface area contributed by atoms with Crippen molar-refractivity contribution >= 4 is 33.7 Å². The van der Waals surface area contributed by atoms with Crippen LogP contribution in [0.4, 0.5) is 0 Å². The standard InChI is InChI=1S/C23H18.2ClH.Zr/c1-4-10-18(11-5-1)21-16-17-22(19-12-6-2-7-13-19)23(21)20-14-8-3-9-15-20;;;/h1-16H,17H2;2*1H;/q;;;+2/p-2. The molecule has 0 nitrogen and oxygen atoms in total. The van der Waals surface area contributed by atoms with Gasteiger partial charge in [0, 0.05) is 0 Å². The predicted molar refractivity (Wildman–Crippen MR) is 110 cm³/mol. The Labute approximate surface area is 173 Å². The molecule has 0 fully saturated rings. The fourth-order valence-corrected chi connectivity index (χ4v) is 3.29. The molecule has 0 saturated carbocycles. The molecule has 0 amide bonds. The minimum atomic E-state index is -0.826. The van der Waals surface area contributed by atoms with Crippen molar-refractivity contribution in [2.75, 3.05) is 0 Å². The van der Waals surface area contributed by atoms with E-state index < -0.39 is 20.8 Å². The van der Waals surface area contributed by atoms with Crippen molar-refractivity contribution < 1.29 is 20.8 Å². The van der Waals surface area contributed by atoms with Crippen molar-refractivity contribution in [2.24, 2.45) is 0 Å². The Hall–Kier alpha value is -1.40. The van der Waals surface area contributed by atoms with Crippen LogP contribution < -0.4 is 0 Å². The Morgan fingerprint density at radius 1 is 0.577 bits per heavy atom. The van der Waals surface area contributed by atoms with E-state index in [9.17, 15) is 0 Å². The monoisotopic (exact) mass is 454 g/mol. The molecule has 0 unspecified atom stereocenters. The molecule has 0 N–H and O–H groups in total. The van der Waals surface area contributed by atoms with Crippen LogP contribution in [0.1, 0.15) is 23.1 Å². The molecule has 0 spiro atoms. The van der Waals surface area contributed by atoms with Crippen molar-refractivity contribution in [3.63, 3.8) is 0 Å². The molecule has 0 radical (unpaired) electrons. The molecule has 3 heteroatoms. The topological polar surface area (TPSA) is 0 Å². The molecule has 0 aromatic heterocycles. The van der Waals surface area contributed by atoms with Crippen LogP contribution in [0.2, 0.25) is 0 Å². The Bertz CT molecular complexity index is 885. The summed E-state index contributed by atoms with van der Waals surface area (Å²) in [4.78, 5) is 0. The second kappa shape index (κ2) is 10.1. The van der Waals surface area contributed by atoms with Crippen LogP contribution in [0.5, 0.6) is 0 Å². The summed E-state index contributed by atoms with van der Waals surface area (Å²) in [6.07, 6.45) is 3.35. The van der Waals surface area contributed by atoms with Crippen LogP contribution in [-0.4, -0.2) is 0 Å². The zero-order valence-corrected chi connectivity index (χ0v) is 18.2. The molecule has 128 valence electrons. The molecule has 0 bridgehead atoms. The van der Waals surface area contributed by atoms with Gasteiger partial charge in [0.25, 0.3) is 0 Å². The first kappa shape index (κ1) is 19.4. The van der Waals surface area contributed by atoms with Gasteiger partial charge >= 0.3 is 37.9 Å². The van der Waals surface area contributed by atoms with Gasteiger partial charge in [-0.15, -0.1) is 0 Å². The van der Waals surface area contributed by atoms with Gasteiger partial charge in [-0.3, -0.25) is 0 Å². The molecule has 1 aliphatic rings. The zero-order chi connectivity index (χ0) is 18.2. The van der Waals surface area contributed by atoms with Crippen molar-refractivity contribution in [3.05, 3.63) is 114 Å². The number of rotatable bonds is 3. The Morgan fingerprint density at radius 2 is 1.00 bits per heavy atom. The molecular formula is C23H18Cl2Zr. The molecule has 0 heterocycles.